The molecule has 2 rings (SSSR count). The van der Waals surface area contributed by atoms with Gasteiger partial charge in [-0.25, -0.2) is 0 Å². The number of ether oxygens (including phenoxy) is 1. The zero-order valence-corrected chi connectivity index (χ0v) is 15.1. The highest BCUT2D eigenvalue weighted by Crippen LogP contribution is 2.40. The van der Waals surface area contributed by atoms with Crippen molar-refractivity contribution in [3.63, 3.8) is 0 Å². The molecule has 3 heteroatoms. The van der Waals surface area contributed by atoms with E-state index in [-0.39, 0.29) is 0 Å². The molecule has 0 heterocycles. The van der Waals surface area contributed by atoms with Crippen molar-refractivity contribution >= 4 is 15.9 Å². The molecule has 0 spiro atoms. The van der Waals surface area contributed by atoms with Gasteiger partial charge in [-0.15, -0.1) is 0 Å². The van der Waals surface area contributed by atoms with E-state index < -0.39 is 0 Å². The number of benzene rings is 1. The van der Waals surface area contributed by atoms with Gasteiger partial charge in [0.1, 0.15) is 5.75 Å². The molecule has 1 saturated carbocycles. The van der Waals surface area contributed by atoms with Crippen LogP contribution in [0.5, 0.6) is 5.75 Å². The van der Waals surface area contributed by atoms with Gasteiger partial charge in [0.05, 0.1) is 7.11 Å². The number of likely N-dealkylation sites (N-methyl/N-ethyl adjacent to an activating group) is 1. The van der Waals surface area contributed by atoms with Crippen molar-refractivity contribution in [2.75, 3.05) is 13.7 Å². The average Bonchev–Trinajstić information content (AvgIpc) is 2.48. The van der Waals surface area contributed by atoms with E-state index >= 15 is 0 Å². The van der Waals surface area contributed by atoms with Gasteiger partial charge < -0.3 is 10.1 Å². The molecule has 1 aromatic rings. The maximum absolute atomic E-state index is 5.55. The van der Waals surface area contributed by atoms with E-state index in [0.717, 1.165) is 23.2 Å². The van der Waals surface area contributed by atoms with Gasteiger partial charge in [0.25, 0.3) is 0 Å². The number of nitrogens with one attached hydrogen (secondary N) is 1. The molecule has 1 aromatic carbocycles. The fourth-order valence-corrected chi connectivity index (χ4v) is 4.05. The van der Waals surface area contributed by atoms with E-state index in [1.54, 1.807) is 7.11 Å². The summed E-state index contributed by atoms with van der Waals surface area (Å²) < 4.78 is 6.68. The van der Waals surface area contributed by atoms with Gasteiger partial charge in [-0.3, -0.25) is 0 Å². The standard InChI is InChI=1S/C18H28BrNO/c1-4-20-17(18(2)10-6-5-7-11-18)13-14-12-15(19)8-9-16(14)21-3/h8-9,12,17,20H,4-7,10-11,13H2,1-3H3. The smallest absolute Gasteiger partial charge is 0.122 e. The summed E-state index contributed by atoms with van der Waals surface area (Å²) in [5, 5.41) is 3.74. The minimum Gasteiger partial charge on any atom is -0.496 e. The van der Waals surface area contributed by atoms with Crippen molar-refractivity contribution in [2.45, 2.75) is 58.4 Å². The first-order valence-electron chi connectivity index (χ1n) is 8.15. The van der Waals surface area contributed by atoms with E-state index in [0.29, 0.717) is 11.5 Å². The Balaban J connectivity index is 2.21. The van der Waals surface area contributed by atoms with Gasteiger partial charge in [-0.1, -0.05) is 49.0 Å². The Hall–Kier alpha value is -0.540. The second kappa shape index (κ2) is 7.64. The van der Waals surface area contributed by atoms with E-state index in [1.165, 1.54) is 37.7 Å². The first kappa shape index (κ1) is 16.8. The lowest BCUT2D eigenvalue weighted by atomic mass is 9.69. The Labute approximate surface area is 137 Å². The maximum atomic E-state index is 5.55. The van der Waals surface area contributed by atoms with Crippen LogP contribution in [0, 0.1) is 5.41 Å². The molecule has 1 fully saturated rings. The molecule has 2 nitrogen and oxygen atoms in total. The van der Waals surface area contributed by atoms with Crippen molar-refractivity contribution in [1.82, 2.24) is 5.32 Å². The largest absolute Gasteiger partial charge is 0.496 e. The normalized spacial score (nSPS) is 19.2. The zero-order valence-electron chi connectivity index (χ0n) is 13.5. The van der Waals surface area contributed by atoms with Gasteiger partial charge in [0.15, 0.2) is 0 Å². The lowest BCUT2D eigenvalue weighted by Crippen LogP contribution is -2.46. The molecule has 1 atom stereocenters. The molecule has 0 saturated heterocycles. The highest BCUT2D eigenvalue weighted by atomic mass is 79.9. The van der Waals surface area contributed by atoms with Gasteiger partial charge in [0, 0.05) is 10.5 Å². The van der Waals surface area contributed by atoms with E-state index in [2.05, 4.69) is 47.2 Å². The Morgan fingerprint density at radius 2 is 2.00 bits per heavy atom. The number of halogens is 1. The molecule has 1 aliphatic carbocycles. The van der Waals surface area contributed by atoms with Crippen molar-refractivity contribution in [2.24, 2.45) is 5.41 Å². The molecule has 1 aliphatic rings. The third-order valence-electron chi connectivity index (χ3n) is 4.95. The summed E-state index contributed by atoms with van der Waals surface area (Å²) in [4.78, 5) is 0. The lowest BCUT2D eigenvalue weighted by molar-refractivity contribution is 0.144. The molecule has 0 amide bonds. The van der Waals surface area contributed by atoms with Crippen LogP contribution in [-0.2, 0) is 6.42 Å². The molecule has 0 aromatic heterocycles. The molecule has 0 radical (unpaired) electrons. The lowest BCUT2D eigenvalue weighted by Gasteiger charge is -2.41. The number of rotatable bonds is 6. The third-order valence-corrected chi connectivity index (χ3v) is 5.45. The van der Waals surface area contributed by atoms with Crippen LogP contribution in [0.4, 0.5) is 0 Å². The summed E-state index contributed by atoms with van der Waals surface area (Å²) in [6.45, 7) is 5.69. The van der Waals surface area contributed by atoms with Crippen LogP contribution in [0.25, 0.3) is 0 Å². The minimum atomic E-state index is 0.404. The van der Waals surface area contributed by atoms with Crippen LogP contribution < -0.4 is 10.1 Å². The Morgan fingerprint density at radius 1 is 1.29 bits per heavy atom. The second-order valence-electron chi connectivity index (χ2n) is 6.49. The minimum absolute atomic E-state index is 0.404. The quantitative estimate of drug-likeness (QED) is 0.781. The Bertz CT molecular complexity index is 455. The van der Waals surface area contributed by atoms with Crippen LogP contribution in [0.2, 0.25) is 0 Å². The number of hydrogen-bond acceptors (Lipinski definition) is 2. The fraction of sp³-hybridized carbons (Fsp3) is 0.667. The molecule has 118 valence electrons. The monoisotopic (exact) mass is 353 g/mol. The molecular weight excluding hydrogens is 326 g/mol. The maximum Gasteiger partial charge on any atom is 0.122 e. The summed E-state index contributed by atoms with van der Waals surface area (Å²) >= 11 is 3.59. The van der Waals surface area contributed by atoms with Crippen molar-refractivity contribution in [3.8, 4) is 5.75 Å². The number of methoxy groups -OCH3 is 1. The Kier molecular flexibility index (Phi) is 6.12. The number of hydrogen-bond donors (Lipinski definition) is 1. The van der Waals surface area contributed by atoms with Gasteiger partial charge in [-0.05, 0) is 55.0 Å². The van der Waals surface area contributed by atoms with Crippen LogP contribution in [0.3, 0.4) is 0 Å². The van der Waals surface area contributed by atoms with E-state index in [1.807, 2.05) is 6.07 Å². The predicted molar refractivity (Wildman–Crippen MR) is 93.1 cm³/mol. The Morgan fingerprint density at radius 3 is 2.62 bits per heavy atom. The molecule has 0 bridgehead atoms. The van der Waals surface area contributed by atoms with Crippen LogP contribution >= 0.6 is 15.9 Å². The van der Waals surface area contributed by atoms with Crippen LogP contribution in [0.15, 0.2) is 22.7 Å². The SMILES string of the molecule is CCNC(Cc1cc(Br)ccc1OC)C1(C)CCCCC1. The summed E-state index contributed by atoms with van der Waals surface area (Å²) in [5.41, 5.74) is 1.70. The van der Waals surface area contributed by atoms with Crippen molar-refractivity contribution in [1.29, 1.82) is 0 Å². The van der Waals surface area contributed by atoms with Crippen molar-refractivity contribution < 1.29 is 4.74 Å². The zero-order chi connectivity index (χ0) is 15.3. The summed E-state index contributed by atoms with van der Waals surface area (Å²) in [5.74, 6) is 1.00. The first-order chi connectivity index (χ1) is 10.1. The van der Waals surface area contributed by atoms with Crippen LogP contribution in [0.1, 0.15) is 51.5 Å². The molecule has 1 N–H and O–H groups in total. The van der Waals surface area contributed by atoms with Crippen LogP contribution in [-0.4, -0.2) is 19.7 Å². The van der Waals surface area contributed by atoms with Gasteiger partial charge in [-0.2, -0.15) is 0 Å². The van der Waals surface area contributed by atoms with Gasteiger partial charge in [0.2, 0.25) is 0 Å². The summed E-state index contributed by atoms with van der Waals surface area (Å²) in [6.07, 6.45) is 7.84. The first-order valence-corrected chi connectivity index (χ1v) is 8.94. The summed E-state index contributed by atoms with van der Waals surface area (Å²) in [7, 11) is 1.76. The molecule has 0 aliphatic heterocycles. The summed E-state index contributed by atoms with van der Waals surface area (Å²) in [6, 6.07) is 6.83. The fourth-order valence-electron chi connectivity index (χ4n) is 3.65. The highest BCUT2D eigenvalue weighted by Gasteiger charge is 2.35. The molecule has 21 heavy (non-hydrogen) atoms. The topological polar surface area (TPSA) is 21.3 Å². The third kappa shape index (κ3) is 4.23. The van der Waals surface area contributed by atoms with Crippen molar-refractivity contribution in [3.05, 3.63) is 28.2 Å². The van der Waals surface area contributed by atoms with E-state index in [9.17, 15) is 0 Å². The second-order valence-corrected chi connectivity index (χ2v) is 7.40. The predicted octanol–water partition coefficient (Wildman–Crippen LogP) is 4.95. The molecular formula is C18H28BrNO. The highest BCUT2D eigenvalue weighted by molar-refractivity contribution is 9.10. The molecule has 1 unspecified atom stereocenters. The van der Waals surface area contributed by atoms with E-state index in [4.69, 9.17) is 4.74 Å². The van der Waals surface area contributed by atoms with Gasteiger partial charge >= 0.3 is 0 Å². The average molecular weight is 354 g/mol.